The zero-order valence-corrected chi connectivity index (χ0v) is 17.9. The maximum atomic E-state index is 13.2. The number of H-pyrrole nitrogens is 1. The fraction of sp³-hybridized carbons (Fsp3) is 0.476. The minimum atomic E-state index is -1.02. The van der Waals surface area contributed by atoms with Gasteiger partial charge in [0.1, 0.15) is 0 Å². The van der Waals surface area contributed by atoms with Crippen LogP contribution in [-0.2, 0) is 14.4 Å². The van der Waals surface area contributed by atoms with Crippen molar-refractivity contribution in [2.75, 3.05) is 6.54 Å². The molecule has 2 saturated carbocycles. The Balaban J connectivity index is 1.41. The Morgan fingerprint density at radius 2 is 2.00 bits per heavy atom. The van der Waals surface area contributed by atoms with Gasteiger partial charge in [-0.2, -0.15) is 0 Å². The zero-order chi connectivity index (χ0) is 21.4. The maximum Gasteiger partial charge on any atom is 0.305 e. The Labute approximate surface area is 185 Å². The number of carboxylic acid groups (broad SMARTS) is 1. The molecule has 0 spiro atoms. The number of aliphatic carboxylic acids is 1. The number of carboxylic acids is 1. The van der Waals surface area contributed by atoms with E-state index in [9.17, 15) is 19.2 Å². The Morgan fingerprint density at radius 1 is 1.23 bits per heavy atom. The summed E-state index contributed by atoms with van der Waals surface area (Å²) < 4.78 is 0. The summed E-state index contributed by atoms with van der Waals surface area (Å²) in [6.45, 7) is -0.0609. The van der Waals surface area contributed by atoms with E-state index in [0.717, 1.165) is 21.9 Å². The third-order valence-electron chi connectivity index (χ3n) is 7.41. The largest absolute Gasteiger partial charge is 0.481 e. The molecule has 0 radical (unpaired) electrons. The van der Waals surface area contributed by atoms with Gasteiger partial charge in [-0.25, -0.2) is 0 Å². The first-order valence-electron chi connectivity index (χ1n) is 10.3. The van der Waals surface area contributed by atoms with Crippen LogP contribution in [0.3, 0.4) is 0 Å². The van der Waals surface area contributed by atoms with Gasteiger partial charge in [-0.05, 0) is 35.8 Å². The third-order valence-corrected chi connectivity index (χ3v) is 10.00. The maximum absolute atomic E-state index is 13.2. The van der Waals surface area contributed by atoms with Crippen molar-refractivity contribution in [2.24, 2.45) is 29.6 Å². The Kier molecular flexibility index (Phi) is 4.20. The molecule has 160 valence electrons. The second kappa shape index (κ2) is 6.77. The first-order valence-corrected chi connectivity index (χ1v) is 12.0. The van der Waals surface area contributed by atoms with E-state index in [0.29, 0.717) is 0 Å². The van der Waals surface area contributed by atoms with Crippen molar-refractivity contribution in [2.45, 2.75) is 29.0 Å². The summed E-state index contributed by atoms with van der Waals surface area (Å²) >= 11 is 2.86. The van der Waals surface area contributed by atoms with Gasteiger partial charge in [0.15, 0.2) is 0 Å². The van der Waals surface area contributed by atoms with Crippen LogP contribution in [0, 0.1) is 29.6 Å². The fourth-order valence-corrected chi connectivity index (χ4v) is 9.33. The standard InChI is InChI=1S/C21H19N3O5S2/c25-11(26)3-5-24-19(27)14-9-6-10(15(14)20(24)28)16-13(9)12(8-2-1-4-22-7-8)17-18(30-16)23-21(29)31-17/h1-2,4,7,9-10,12-16H,3,5-6H2,(H,23,29)(H,25,26)/t9-,10+,12-,13+,14+,15+,16-/m0/s1. The van der Waals surface area contributed by atoms with E-state index in [1.807, 2.05) is 18.3 Å². The normalized spacial score (nSPS) is 35.2. The molecule has 3 fully saturated rings. The summed E-state index contributed by atoms with van der Waals surface area (Å²) in [7, 11) is 0. The Bertz CT molecular complexity index is 1160. The number of pyridine rings is 1. The second-order valence-electron chi connectivity index (χ2n) is 8.72. The van der Waals surface area contributed by atoms with Crippen LogP contribution in [0.2, 0.25) is 0 Å². The molecule has 2 amide bonds. The summed E-state index contributed by atoms with van der Waals surface area (Å²) in [4.78, 5) is 58.8. The van der Waals surface area contributed by atoms with Crippen molar-refractivity contribution >= 4 is 40.9 Å². The SMILES string of the molecule is O=C(O)CCN1C(=O)[C@@H]2[C@H]3C[C@@H]([C@@H]4Sc5[nH]c(=O)sc5[C@@H](c5cccnc5)[C@@H]34)[C@H]2C1=O. The molecule has 4 heterocycles. The van der Waals surface area contributed by atoms with Gasteiger partial charge in [0.05, 0.1) is 23.3 Å². The minimum Gasteiger partial charge on any atom is -0.481 e. The summed E-state index contributed by atoms with van der Waals surface area (Å²) in [6, 6.07) is 3.90. The molecule has 2 bridgehead atoms. The van der Waals surface area contributed by atoms with Crippen molar-refractivity contribution in [3.05, 3.63) is 44.6 Å². The molecule has 1 saturated heterocycles. The van der Waals surface area contributed by atoms with Crippen LogP contribution in [0.5, 0.6) is 0 Å². The number of thiazole rings is 1. The van der Waals surface area contributed by atoms with Crippen LogP contribution < -0.4 is 4.87 Å². The van der Waals surface area contributed by atoms with Crippen LogP contribution in [-0.4, -0.2) is 49.6 Å². The van der Waals surface area contributed by atoms with E-state index >= 15 is 0 Å². The number of thioether (sulfide) groups is 1. The second-order valence-corrected chi connectivity index (χ2v) is 10.9. The number of hydrogen-bond donors (Lipinski definition) is 2. The first-order chi connectivity index (χ1) is 15.0. The topological polar surface area (TPSA) is 120 Å². The minimum absolute atomic E-state index is 0.0363. The van der Waals surface area contributed by atoms with Gasteiger partial charge < -0.3 is 10.1 Å². The number of carbonyl (C=O) groups is 3. The smallest absolute Gasteiger partial charge is 0.305 e. The van der Waals surface area contributed by atoms with E-state index in [-0.39, 0.29) is 70.4 Å². The molecule has 2 aliphatic heterocycles. The molecule has 6 rings (SSSR count). The lowest BCUT2D eigenvalue weighted by Gasteiger charge is -2.42. The van der Waals surface area contributed by atoms with E-state index < -0.39 is 5.97 Å². The lowest BCUT2D eigenvalue weighted by molar-refractivity contribution is -0.142. The molecule has 7 atom stereocenters. The summed E-state index contributed by atoms with van der Waals surface area (Å²) in [5, 5.41) is 10.0. The summed E-state index contributed by atoms with van der Waals surface area (Å²) in [5.74, 6) is -2.03. The molecular weight excluding hydrogens is 438 g/mol. The lowest BCUT2D eigenvalue weighted by Crippen LogP contribution is -2.42. The summed E-state index contributed by atoms with van der Waals surface area (Å²) in [6.07, 6.45) is 4.13. The highest BCUT2D eigenvalue weighted by Gasteiger charge is 2.69. The molecule has 0 unspecified atom stereocenters. The number of carbonyl (C=O) groups excluding carboxylic acids is 2. The third kappa shape index (κ3) is 2.64. The molecule has 2 aromatic rings. The molecule has 0 aromatic carbocycles. The van der Waals surface area contributed by atoms with Crippen molar-refractivity contribution in [3.63, 3.8) is 0 Å². The van der Waals surface area contributed by atoms with Gasteiger partial charge in [0, 0.05) is 35.0 Å². The first kappa shape index (κ1) is 19.2. The summed E-state index contributed by atoms with van der Waals surface area (Å²) in [5.41, 5.74) is 1.03. The molecule has 31 heavy (non-hydrogen) atoms. The van der Waals surface area contributed by atoms with Crippen LogP contribution in [0.4, 0.5) is 0 Å². The van der Waals surface area contributed by atoms with Crippen molar-refractivity contribution in [1.29, 1.82) is 0 Å². The molecule has 10 heteroatoms. The highest BCUT2D eigenvalue weighted by atomic mass is 32.2. The fourth-order valence-electron chi connectivity index (χ4n) is 6.44. The average molecular weight is 458 g/mol. The van der Waals surface area contributed by atoms with Crippen molar-refractivity contribution < 1.29 is 19.5 Å². The van der Waals surface area contributed by atoms with Crippen LogP contribution in [0.15, 0.2) is 34.3 Å². The number of likely N-dealkylation sites (tertiary alicyclic amines) is 1. The van der Waals surface area contributed by atoms with Gasteiger partial charge in [-0.1, -0.05) is 17.4 Å². The van der Waals surface area contributed by atoms with Gasteiger partial charge in [0.2, 0.25) is 11.8 Å². The van der Waals surface area contributed by atoms with Crippen molar-refractivity contribution in [1.82, 2.24) is 14.9 Å². The van der Waals surface area contributed by atoms with E-state index in [1.165, 1.54) is 16.2 Å². The Hall–Kier alpha value is -2.46. The number of nitrogens with one attached hydrogen (secondary N) is 1. The van der Waals surface area contributed by atoms with E-state index in [4.69, 9.17) is 5.11 Å². The monoisotopic (exact) mass is 457 g/mol. The van der Waals surface area contributed by atoms with E-state index in [1.54, 1.807) is 18.0 Å². The Morgan fingerprint density at radius 3 is 2.71 bits per heavy atom. The van der Waals surface area contributed by atoms with Crippen LogP contribution in [0.25, 0.3) is 0 Å². The zero-order valence-electron chi connectivity index (χ0n) is 16.3. The highest BCUT2D eigenvalue weighted by molar-refractivity contribution is 8.00. The number of aromatic nitrogens is 2. The number of imide groups is 1. The van der Waals surface area contributed by atoms with Gasteiger partial charge in [-0.15, -0.1) is 11.8 Å². The number of aromatic amines is 1. The average Bonchev–Trinajstić information content (AvgIpc) is 3.46. The predicted molar refractivity (Wildman–Crippen MR) is 112 cm³/mol. The van der Waals surface area contributed by atoms with Crippen molar-refractivity contribution in [3.8, 4) is 0 Å². The van der Waals surface area contributed by atoms with Gasteiger partial charge >= 0.3 is 10.8 Å². The number of amides is 2. The lowest BCUT2D eigenvalue weighted by atomic mass is 9.68. The molecule has 4 aliphatic rings. The molecular formula is C21H19N3O5S2. The van der Waals surface area contributed by atoms with Crippen LogP contribution >= 0.6 is 23.1 Å². The molecule has 2 N–H and O–H groups in total. The van der Waals surface area contributed by atoms with Crippen LogP contribution in [0.1, 0.15) is 29.2 Å². The number of nitrogens with zero attached hydrogens (tertiary/aromatic N) is 2. The number of rotatable bonds is 4. The predicted octanol–water partition coefficient (Wildman–Crippen LogP) is 1.78. The quantitative estimate of drug-likeness (QED) is 0.672. The van der Waals surface area contributed by atoms with E-state index in [2.05, 4.69) is 9.97 Å². The molecule has 2 aliphatic carbocycles. The molecule has 2 aromatic heterocycles. The molecule has 8 nitrogen and oxygen atoms in total. The number of fused-ring (bicyclic) bond motifs is 9. The number of hydrogen-bond acceptors (Lipinski definition) is 7. The van der Waals surface area contributed by atoms with Gasteiger partial charge in [0.25, 0.3) is 0 Å². The van der Waals surface area contributed by atoms with Gasteiger partial charge in [-0.3, -0.25) is 29.1 Å². The highest BCUT2D eigenvalue weighted by Crippen LogP contribution is 2.68.